The molecule has 1 unspecified atom stereocenters. The highest BCUT2D eigenvalue weighted by molar-refractivity contribution is 6.29. The van der Waals surface area contributed by atoms with Crippen LogP contribution >= 0.6 is 11.6 Å². The molecule has 0 radical (unpaired) electrons. The maximum Gasteiger partial charge on any atom is 0.128 e. The monoisotopic (exact) mass is 343 g/mol. The summed E-state index contributed by atoms with van der Waals surface area (Å²) < 4.78 is 15.2. The van der Waals surface area contributed by atoms with Crippen molar-refractivity contribution in [2.45, 2.75) is 12.6 Å². The van der Waals surface area contributed by atoms with Gasteiger partial charge in [-0.15, -0.1) is 0 Å². The molecule has 1 aromatic heterocycles. The molecule has 0 amide bonds. The van der Waals surface area contributed by atoms with E-state index in [1.807, 2.05) is 49.0 Å². The van der Waals surface area contributed by atoms with Gasteiger partial charge in [-0.3, -0.25) is 4.90 Å². The van der Waals surface area contributed by atoms with E-state index >= 15 is 0 Å². The van der Waals surface area contributed by atoms with Gasteiger partial charge < -0.3 is 4.57 Å². The molecule has 3 aromatic rings. The lowest BCUT2D eigenvalue weighted by atomic mass is 9.97. The summed E-state index contributed by atoms with van der Waals surface area (Å²) in [5.74, 6) is 0.648. The van der Waals surface area contributed by atoms with Crippen LogP contribution in [-0.2, 0) is 13.6 Å². The minimum Gasteiger partial charge on any atom is -0.321 e. The molecule has 0 saturated heterocycles. The van der Waals surface area contributed by atoms with Crippen molar-refractivity contribution in [1.29, 1.82) is 0 Å². The van der Waals surface area contributed by atoms with Gasteiger partial charge in [0.1, 0.15) is 16.8 Å². The molecule has 3 nitrogen and oxygen atoms in total. The van der Waals surface area contributed by atoms with Gasteiger partial charge in [0.2, 0.25) is 0 Å². The second kappa shape index (κ2) is 7.16. The summed E-state index contributed by atoms with van der Waals surface area (Å²) in [4.78, 5) is 6.55. The Kier molecular flexibility index (Phi) is 4.97. The Bertz CT molecular complexity index is 799. The third kappa shape index (κ3) is 3.50. The van der Waals surface area contributed by atoms with Crippen LogP contribution in [0.15, 0.2) is 60.8 Å². The third-order valence-corrected chi connectivity index (χ3v) is 4.51. The molecule has 0 saturated carbocycles. The van der Waals surface area contributed by atoms with Gasteiger partial charge in [0.05, 0.1) is 18.8 Å². The van der Waals surface area contributed by atoms with Gasteiger partial charge in [-0.2, -0.15) is 0 Å². The zero-order chi connectivity index (χ0) is 17.1. The fraction of sp³-hybridized carbons (Fsp3) is 0.211. The van der Waals surface area contributed by atoms with E-state index in [1.54, 1.807) is 6.20 Å². The minimum absolute atomic E-state index is 0.00211. The highest BCUT2D eigenvalue weighted by Crippen LogP contribution is 2.29. The Morgan fingerprint density at radius 1 is 1.08 bits per heavy atom. The van der Waals surface area contributed by atoms with E-state index in [-0.39, 0.29) is 11.9 Å². The first kappa shape index (κ1) is 16.7. The lowest BCUT2D eigenvalue weighted by molar-refractivity contribution is 0.261. The van der Waals surface area contributed by atoms with E-state index < -0.39 is 0 Å². The number of halogens is 2. The number of imidazole rings is 1. The van der Waals surface area contributed by atoms with E-state index in [1.165, 1.54) is 12.1 Å². The Morgan fingerprint density at radius 2 is 1.71 bits per heavy atom. The van der Waals surface area contributed by atoms with Crippen molar-refractivity contribution in [2.24, 2.45) is 7.05 Å². The second-order valence-corrected chi connectivity index (χ2v) is 6.22. The van der Waals surface area contributed by atoms with Crippen molar-refractivity contribution in [3.63, 3.8) is 0 Å². The van der Waals surface area contributed by atoms with Crippen molar-refractivity contribution in [2.75, 3.05) is 7.05 Å². The molecule has 0 fully saturated rings. The van der Waals surface area contributed by atoms with Crippen molar-refractivity contribution < 1.29 is 4.39 Å². The predicted molar refractivity (Wildman–Crippen MR) is 94.4 cm³/mol. The fourth-order valence-corrected chi connectivity index (χ4v) is 3.01. The lowest BCUT2D eigenvalue weighted by Gasteiger charge is -2.29. The topological polar surface area (TPSA) is 21.1 Å². The number of hydrogen-bond donors (Lipinski definition) is 0. The van der Waals surface area contributed by atoms with Gasteiger partial charge in [-0.1, -0.05) is 54.1 Å². The van der Waals surface area contributed by atoms with Gasteiger partial charge in [-0.05, 0) is 30.3 Å². The standard InChI is InChI=1S/C19H19ClFN3/c1-23(13-18-22-12-17(20)24(18)2)19(14-6-4-3-5-7-14)15-8-10-16(21)11-9-15/h3-12,19H,13H2,1-2H3. The van der Waals surface area contributed by atoms with Crippen LogP contribution in [0.1, 0.15) is 23.0 Å². The Balaban J connectivity index is 1.95. The van der Waals surface area contributed by atoms with E-state index in [4.69, 9.17) is 11.6 Å². The molecule has 0 aliphatic rings. The average Bonchev–Trinajstić information content (AvgIpc) is 2.90. The van der Waals surface area contributed by atoms with Crippen LogP contribution in [0.2, 0.25) is 5.15 Å². The summed E-state index contributed by atoms with van der Waals surface area (Å²) in [5, 5.41) is 0.608. The minimum atomic E-state index is -0.232. The normalized spacial score (nSPS) is 12.5. The molecule has 3 rings (SSSR count). The van der Waals surface area contributed by atoms with Gasteiger partial charge >= 0.3 is 0 Å². The summed E-state index contributed by atoms with van der Waals surface area (Å²) >= 11 is 6.08. The zero-order valence-electron chi connectivity index (χ0n) is 13.7. The molecule has 0 spiro atoms. The van der Waals surface area contributed by atoms with Crippen molar-refractivity contribution >= 4 is 11.6 Å². The highest BCUT2D eigenvalue weighted by atomic mass is 35.5. The average molecular weight is 344 g/mol. The molecule has 2 aromatic carbocycles. The van der Waals surface area contributed by atoms with E-state index in [0.29, 0.717) is 11.7 Å². The Morgan fingerprint density at radius 3 is 2.29 bits per heavy atom. The van der Waals surface area contributed by atoms with E-state index in [9.17, 15) is 4.39 Å². The SMILES string of the molecule is CN(Cc1ncc(Cl)n1C)C(c1ccccc1)c1ccc(F)cc1. The molecule has 24 heavy (non-hydrogen) atoms. The van der Waals surface area contributed by atoms with Crippen molar-refractivity contribution in [3.8, 4) is 0 Å². The highest BCUT2D eigenvalue weighted by Gasteiger charge is 2.21. The first-order chi connectivity index (χ1) is 11.6. The van der Waals surface area contributed by atoms with Gasteiger partial charge in [0, 0.05) is 7.05 Å². The maximum atomic E-state index is 13.3. The molecule has 1 heterocycles. The maximum absolute atomic E-state index is 13.3. The van der Waals surface area contributed by atoms with Crippen molar-refractivity contribution in [3.05, 3.63) is 88.7 Å². The first-order valence-corrected chi connectivity index (χ1v) is 8.11. The van der Waals surface area contributed by atoms with E-state index in [0.717, 1.165) is 17.0 Å². The molecule has 0 aliphatic heterocycles. The molecular weight excluding hydrogens is 325 g/mol. The van der Waals surface area contributed by atoms with E-state index in [2.05, 4.69) is 22.0 Å². The van der Waals surface area contributed by atoms with Crippen LogP contribution in [0, 0.1) is 5.82 Å². The van der Waals surface area contributed by atoms with Crippen molar-refractivity contribution in [1.82, 2.24) is 14.5 Å². The smallest absolute Gasteiger partial charge is 0.128 e. The van der Waals surface area contributed by atoms with Crippen LogP contribution in [0.25, 0.3) is 0 Å². The molecule has 124 valence electrons. The largest absolute Gasteiger partial charge is 0.321 e. The lowest BCUT2D eigenvalue weighted by Crippen LogP contribution is -2.26. The quantitative estimate of drug-likeness (QED) is 0.683. The summed E-state index contributed by atoms with van der Waals surface area (Å²) in [6.45, 7) is 0.625. The van der Waals surface area contributed by atoms with Crippen LogP contribution in [0.5, 0.6) is 0 Å². The summed E-state index contributed by atoms with van der Waals surface area (Å²) in [7, 11) is 3.93. The number of aromatic nitrogens is 2. The van der Waals surface area contributed by atoms with Crippen LogP contribution in [0.3, 0.4) is 0 Å². The molecule has 0 N–H and O–H groups in total. The van der Waals surface area contributed by atoms with Gasteiger partial charge in [0.25, 0.3) is 0 Å². The number of nitrogens with zero attached hydrogens (tertiary/aromatic N) is 3. The molecular formula is C19H19ClFN3. The van der Waals surface area contributed by atoms with Gasteiger partial charge in [-0.25, -0.2) is 9.37 Å². The first-order valence-electron chi connectivity index (χ1n) is 7.73. The Hall–Kier alpha value is -2.17. The second-order valence-electron chi connectivity index (χ2n) is 5.84. The molecule has 1 atom stereocenters. The number of benzene rings is 2. The van der Waals surface area contributed by atoms with Gasteiger partial charge in [0.15, 0.2) is 0 Å². The van der Waals surface area contributed by atoms with Crippen LogP contribution in [0.4, 0.5) is 4.39 Å². The number of rotatable bonds is 5. The molecule has 0 bridgehead atoms. The fourth-order valence-electron chi connectivity index (χ4n) is 2.87. The van der Waals surface area contributed by atoms with Crippen LogP contribution < -0.4 is 0 Å². The summed E-state index contributed by atoms with van der Waals surface area (Å²) in [6, 6.07) is 16.8. The van der Waals surface area contributed by atoms with Crippen LogP contribution in [-0.4, -0.2) is 21.5 Å². The zero-order valence-corrected chi connectivity index (χ0v) is 14.4. The number of hydrogen-bond acceptors (Lipinski definition) is 2. The summed E-state index contributed by atoms with van der Waals surface area (Å²) in [6.07, 6.45) is 1.65. The summed E-state index contributed by atoms with van der Waals surface area (Å²) in [5.41, 5.74) is 2.18. The molecule has 0 aliphatic carbocycles. The third-order valence-electron chi connectivity index (χ3n) is 4.16. The predicted octanol–water partition coefficient (Wildman–Crippen LogP) is 4.43. The molecule has 5 heteroatoms. The Labute approximate surface area is 146 Å².